The van der Waals surface area contributed by atoms with Gasteiger partial charge in [-0.1, -0.05) is 50.5 Å². The van der Waals surface area contributed by atoms with Gasteiger partial charge >= 0.3 is 0 Å². The van der Waals surface area contributed by atoms with E-state index in [2.05, 4.69) is 12.2 Å². The summed E-state index contributed by atoms with van der Waals surface area (Å²) in [4.78, 5) is 28.1. The summed E-state index contributed by atoms with van der Waals surface area (Å²) in [7, 11) is 0. The van der Waals surface area contributed by atoms with Crippen LogP contribution in [-0.4, -0.2) is 34.7 Å². The average molecular weight is 395 g/mol. The highest BCUT2D eigenvalue weighted by Gasteiger charge is 2.57. The molecule has 4 nitrogen and oxygen atoms in total. The molecule has 1 aromatic rings. The van der Waals surface area contributed by atoms with Crippen LogP contribution in [0, 0.1) is 17.8 Å². The van der Waals surface area contributed by atoms with Gasteiger partial charge in [-0.2, -0.15) is 0 Å². The summed E-state index contributed by atoms with van der Waals surface area (Å²) >= 11 is 0. The topological polar surface area (TPSA) is 49.4 Å². The molecular weight excluding hydrogens is 360 g/mol. The number of carbonyl (C=O) groups is 2. The lowest BCUT2D eigenvalue weighted by atomic mass is 9.61. The summed E-state index contributed by atoms with van der Waals surface area (Å²) < 4.78 is 0. The molecule has 1 amide bonds. The van der Waals surface area contributed by atoms with Crippen LogP contribution < -0.4 is 5.32 Å². The molecule has 29 heavy (non-hydrogen) atoms. The van der Waals surface area contributed by atoms with Gasteiger partial charge in [-0.15, -0.1) is 0 Å². The van der Waals surface area contributed by atoms with Gasteiger partial charge in [0.05, 0.1) is 6.04 Å². The van der Waals surface area contributed by atoms with E-state index >= 15 is 0 Å². The molecule has 4 unspecified atom stereocenters. The quantitative estimate of drug-likeness (QED) is 0.812. The molecule has 4 heteroatoms. The van der Waals surface area contributed by atoms with Crippen LogP contribution in [-0.2, 0) is 11.3 Å². The molecule has 3 fully saturated rings. The summed E-state index contributed by atoms with van der Waals surface area (Å²) in [6.45, 7) is 3.53. The standard InChI is InChI=1S/C25H34N2O2/c1-17-7-6-11-20-15-22(26-25(17,20)19-9-3-4-10-19)24(29)27-14-13-23(28)21-12-5-2-8-18(21)16-27/h2,5,8,12,17,19-20,22,26H,3-4,6-7,9-11,13-16H2,1H3. The molecule has 5 rings (SSSR count). The largest absolute Gasteiger partial charge is 0.337 e. The zero-order valence-corrected chi connectivity index (χ0v) is 17.7. The van der Waals surface area contributed by atoms with Gasteiger partial charge in [-0.25, -0.2) is 0 Å². The molecule has 2 heterocycles. The van der Waals surface area contributed by atoms with Crippen molar-refractivity contribution < 1.29 is 9.59 Å². The number of fused-ring (bicyclic) bond motifs is 2. The molecule has 156 valence electrons. The van der Waals surface area contributed by atoms with Crippen molar-refractivity contribution in [3.8, 4) is 0 Å². The van der Waals surface area contributed by atoms with Gasteiger partial charge in [0.25, 0.3) is 0 Å². The highest BCUT2D eigenvalue weighted by Crippen LogP contribution is 2.53. The molecule has 4 aliphatic rings. The van der Waals surface area contributed by atoms with Crippen LogP contribution in [0.4, 0.5) is 0 Å². The van der Waals surface area contributed by atoms with E-state index in [1.54, 1.807) is 0 Å². The van der Waals surface area contributed by atoms with Crippen LogP contribution in [0.25, 0.3) is 0 Å². The fourth-order valence-corrected chi connectivity index (χ4v) is 7.18. The first-order chi connectivity index (χ1) is 14.1. The summed E-state index contributed by atoms with van der Waals surface area (Å²) in [6, 6.07) is 7.72. The molecule has 0 spiro atoms. The third kappa shape index (κ3) is 3.15. The first-order valence-corrected chi connectivity index (χ1v) is 11.8. The van der Waals surface area contributed by atoms with E-state index in [1.807, 2.05) is 29.2 Å². The van der Waals surface area contributed by atoms with Crippen LogP contribution >= 0.6 is 0 Å². The van der Waals surface area contributed by atoms with Gasteiger partial charge in [0.2, 0.25) is 5.91 Å². The summed E-state index contributed by atoms with van der Waals surface area (Å²) in [6.07, 6.45) is 10.6. The molecular formula is C25H34N2O2. The van der Waals surface area contributed by atoms with E-state index in [9.17, 15) is 9.59 Å². The number of rotatable bonds is 2. The Kier molecular flexibility index (Phi) is 5.01. The predicted octanol–water partition coefficient (Wildman–Crippen LogP) is 4.33. The molecule has 2 saturated carbocycles. The second-order valence-electron chi connectivity index (χ2n) is 9.97. The zero-order chi connectivity index (χ0) is 20.0. The van der Waals surface area contributed by atoms with Crippen LogP contribution in [0.2, 0.25) is 0 Å². The van der Waals surface area contributed by atoms with Gasteiger partial charge in [0, 0.05) is 30.6 Å². The lowest BCUT2D eigenvalue weighted by Crippen LogP contribution is -2.60. The second kappa shape index (κ2) is 7.54. The number of benzene rings is 1. The van der Waals surface area contributed by atoms with E-state index in [0.29, 0.717) is 31.3 Å². The molecule has 1 aromatic carbocycles. The maximum absolute atomic E-state index is 13.6. The minimum atomic E-state index is -0.0819. The lowest BCUT2D eigenvalue weighted by molar-refractivity contribution is -0.134. The van der Waals surface area contributed by atoms with Crippen LogP contribution in [0.15, 0.2) is 24.3 Å². The van der Waals surface area contributed by atoms with Crippen molar-refractivity contribution >= 4 is 11.7 Å². The Labute approximate surface area is 174 Å². The third-order valence-electron chi connectivity index (χ3n) is 8.55. The van der Waals surface area contributed by atoms with Gasteiger partial charge in [-0.05, 0) is 55.4 Å². The SMILES string of the molecule is CC1CCCC2CC(C(=O)N3CCC(=O)c4ccccc4C3)NC12C1CCCC1. The van der Waals surface area contributed by atoms with Crippen LogP contribution in [0.5, 0.6) is 0 Å². The van der Waals surface area contributed by atoms with Crippen molar-refractivity contribution in [2.24, 2.45) is 17.8 Å². The highest BCUT2D eigenvalue weighted by molar-refractivity contribution is 5.98. The zero-order valence-electron chi connectivity index (χ0n) is 17.7. The van der Waals surface area contributed by atoms with Crippen LogP contribution in [0.3, 0.4) is 0 Å². The summed E-state index contributed by atoms with van der Waals surface area (Å²) in [5.41, 5.74) is 1.96. The Bertz CT molecular complexity index is 800. The number of hydrogen-bond acceptors (Lipinski definition) is 3. The molecule has 2 aliphatic heterocycles. The first kappa shape index (κ1) is 19.3. The van der Waals surface area contributed by atoms with E-state index < -0.39 is 0 Å². The number of carbonyl (C=O) groups excluding carboxylic acids is 2. The van der Waals surface area contributed by atoms with Crippen molar-refractivity contribution in [2.45, 2.75) is 82.8 Å². The van der Waals surface area contributed by atoms with Gasteiger partial charge in [0.1, 0.15) is 0 Å². The van der Waals surface area contributed by atoms with Crippen molar-refractivity contribution in [3.63, 3.8) is 0 Å². The summed E-state index contributed by atoms with van der Waals surface area (Å²) in [5.74, 6) is 2.39. The number of Topliss-reactive ketones (excluding diaryl/α,β-unsaturated/α-hetero) is 1. The maximum atomic E-state index is 13.6. The monoisotopic (exact) mass is 394 g/mol. The molecule has 1 N–H and O–H groups in total. The van der Waals surface area contributed by atoms with Crippen LogP contribution in [0.1, 0.15) is 80.6 Å². The second-order valence-corrected chi connectivity index (χ2v) is 9.97. The number of nitrogens with one attached hydrogen (secondary N) is 1. The van der Waals surface area contributed by atoms with Gasteiger partial charge in [-0.3, -0.25) is 14.9 Å². The predicted molar refractivity (Wildman–Crippen MR) is 114 cm³/mol. The Balaban J connectivity index is 1.39. The fourth-order valence-electron chi connectivity index (χ4n) is 7.18. The Morgan fingerprint density at radius 3 is 2.66 bits per heavy atom. The minimum Gasteiger partial charge on any atom is -0.337 e. The normalized spacial score (nSPS) is 35.3. The van der Waals surface area contributed by atoms with E-state index in [4.69, 9.17) is 0 Å². The Morgan fingerprint density at radius 1 is 1.07 bits per heavy atom. The van der Waals surface area contributed by atoms with Crippen molar-refractivity contribution in [1.29, 1.82) is 0 Å². The molecule has 0 bridgehead atoms. The average Bonchev–Trinajstić information content (AvgIpc) is 3.36. The number of ketones is 1. The highest BCUT2D eigenvalue weighted by atomic mass is 16.2. The van der Waals surface area contributed by atoms with Crippen molar-refractivity contribution in [1.82, 2.24) is 10.2 Å². The molecule has 0 aromatic heterocycles. The fraction of sp³-hybridized carbons (Fsp3) is 0.680. The summed E-state index contributed by atoms with van der Waals surface area (Å²) in [5, 5.41) is 3.97. The third-order valence-corrected chi connectivity index (χ3v) is 8.55. The molecule has 1 saturated heterocycles. The Morgan fingerprint density at radius 2 is 1.83 bits per heavy atom. The number of amides is 1. The minimum absolute atomic E-state index is 0.0819. The smallest absolute Gasteiger partial charge is 0.240 e. The van der Waals surface area contributed by atoms with Crippen molar-refractivity contribution in [2.75, 3.05) is 6.54 Å². The molecule has 2 aliphatic carbocycles. The Hall–Kier alpha value is -1.68. The van der Waals surface area contributed by atoms with E-state index in [-0.39, 0.29) is 23.3 Å². The first-order valence-electron chi connectivity index (χ1n) is 11.8. The lowest BCUT2D eigenvalue weighted by Gasteiger charge is -2.49. The van der Waals surface area contributed by atoms with Gasteiger partial charge < -0.3 is 4.90 Å². The number of hydrogen-bond donors (Lipinski definition) is 1. The van der Waals surface area contributed by atoms with Crippen molar-refractivity contribution in [3.05, 3.63) is 35.4 Å². The number of nitrogens with zero attached hydrogens (tertiary/aromatic N) is 1. The maximum Gasteiger partial charge on any atom is 0.240 e. The van der Waals surface area contributed by atoms with E-state index in [0.717, 1.165) is 23.5 Å². The van der Waals surface area contributed by atoms with Gasteiger partial charge in [0.15, 0.2) is 5.78 Å². The molecule has 0 radical (unpaired) electrons. The van der Waals surface area contributed by atoms with E-state index in [1.165, 1.54) is 44.9 Å². The molecule has 4 atom stereocenters.